The van der Waals surface area contributed by atoms with E-state index in [1.54, 1.807) is 38.1 Å². The highest BCUT2D eigenvalue weighted by Crippen LogP contribution is 2.24. The zero-order chi connectivity index (χ0) is 20.3. The molecule has 2 heterocycles. The van der Waals surface area contributed by atoms with E-state index in [2.05, 4.69) is 16.8 Å². The van der Waals surface area contributed by atoms with Gasteiger partial charge < -0.3 is 9.80 Å². The largest absolute Gasteiger partial charge is 0.369 e. The summed E-state index contributed by atoms with van der Waals surface area (Å²) in [5.41, 5.74) is 2.03. The average Bonchev–Trinajstić information content (AvgIpc) is 3.04. The summed E-state index contributed by atoms with van der Waals surface area (Å²) in [7, 11) is -1.64. The summed E-state index contributed by atoms with van der Waals surface area (Å²) in [5.74, 6) is -0.419. The summed E-state index contributed by atoms with van der Waals surface area (Å²) >= 11 is 0. The molecular formula is C21H26FN3O2S. The highest BCUT2D eigenvalue weighted by Gasteiger charge is 2.21. The van der Waals surface area contributed by atoms with Crippen LogP contribution in [0, 0.1) is 6.92 Å². The van der Waals surface area contributed by atoms with E-state index < -0.39 is 15.9 Å². The molecule has 1 aliphatic rings. The van der Waals surface area contributed by atoms with E-state index in [4.69, 9.17) is 0 Å². The Balaban J connectivity index is 1.85. The quantitative estimate of drug-likeness (QED) is 0.715. The van der Waals surface area contributed by atoms with Gasteiger partial charge in [0.05, 0.1) is 4.90 Å². The summed E-state index contributed by atoms with van der Waals surface area (Å²) in [4.78, 5) is 4.74. The number of hydrogen-bond acceptors (Lipinski definition) is 4. The van der Waals surface area contributed by atoms with Gasteiger partial charge in [0, 0.05) is 43.8 Å². The van der Waals surface area contributed by atoms with Crippen LogP contribution in [-0.4, -0.2) is 50.5 Å². The first-order chi connectivity index (χ1) is 13.3. The van der Waals surface area contributed by atoms with Gasteiger partial charge in [0.25, 0.3) is 10.0 Å². The van der Waals surface area contributed by atoms with Crippen molar-refractivity contribution in [2.45, 2.75) is 18.7 Å². The third-order valence-corrected chi connectivity index (χ3v) is 6.80. The van der Waals surface area contributed by atoms with E-state index in [9.17, 15) is 12.8 Å². The van der Waals surface area contributed by atoms with Crippen molar-refractivity contribution >= 4 is 21.8 Å². The minimum atomic E-state index is -3.73. The second kappa shape index (κ2) is 8.32. The Kier molecular flexibility index (Phi) is 6.05. The Morgan fingerprint density at radius 3 is 2.32 bits per heavy atom. The second-order valence-electron chi connectivity index (χ2n) is 6.97. The first kappa shape index (κ1) is 20.4. The first-order valence-corrected chi connectivity index (χ1v) is 10.7. The molecule has 1 aliphatic heterocycles. The fourth-order valence-corrected chi connectivity index (χ4v) is 4.68. The minimum Gasteiger partial charge on any atom is -0.369 e. The number of halogens is 1. The molecule has 0 bridgehead atoms. The lowest BCUT2D eigenvalue weighted by atomic mass is 10.2. The van der Waals surface area contributed by atoms with Crippen molar-refractivity contribution in [1.82, 2.24) is 8.87 Å². The van der Waals surface area contributed by atoms with Gasteiger partial charge in [-0.3, -0.25) is 0 Å². The van der Waals surface area contributed by atoms with Crippen LogP contribution in [0.2, 0.25) is 0 Å². The van der Waals surface area contributed by atoms with Crippen LogP contribution in [0.4, 0.5) is 10.1 Å². The Hall–Kier alpha value is -2.38. The topological polar surface area (TPSA) is 45.6 Å². The predicted octanol–water partition coefficient (Wildman–Crippen LogP) is 3.67. The van der Waals surface area contributed by atoms with Crippen molar-refractivity contribution in [3.8, 4) is 0 Å². The van der Waals surface area contributed by atoms with Gasteiger partial charge in [0.15, 0.2) is 0 Å². The molecule has 0 aliphatic carbocycles. The molecule has 5 nitrogen and oxygen atoms in total. The maximum Gasteiger partial charge on any atom is 0.267 e. The standard InChI is InChI=1S/C21H26FN3O2S/c1-4-5-19(22)16-18-10-11-25(17(18)2)28(26,27)21-8-6-20(7-9-21)24-14-12-23(3)13-15-24/h4-11,16H,12-15H2,1-3H3/b5-4-,19-16+. The SMILES string of the molecule is C/C=C\C(F)=C/c1ccn(S(=O)(=O)c2ccc(N3CCN(C)CC3)cc2)c1C. The summed E-state index contributed by atoms with van der Waals surface area (Å²) in [6, 6.07) is 8.58. The smallest absolute Gasteiger partial charge is 0.267 e. The Morgan fingerprint density at radius 1 is 1.07 bits per heavy atom. The van der Waals surface area contributed by atoms with Crippen LogP contribution in [0.3, 0.4) is 0 Å². The number of piperazine rings is 1. The molecule has 7 heteroatoms. The number of nitrogens with zero attached hydrogens (tertiary/aromatic N) is 3. The lowest BCUT2D eigenvalue weighted by Gasteiger charge is -2.34. The van der Waals surface area contributed by atoms with Gasteiger partial charge in [0.2, 0.25) is 0 Å². The number of likely N-dealkylation sites (N-methyl/N-ethyl adjacent to an activating group) is 1. The molecule has 3 rings (SSSR count). The molecule has 0 radical (unpaired) electrons. The van der Waals surface area contributed by atoms with Gasteiger partial charge >= 0.3 is 0 Å². The Morgan fingerprint density at radius 2 is 1.71 bits per heavy atom. The van der Waals surface area contributed by atoms with E-state index in [0.717, 1.165) is 31.9 Å². The summed E-state index contributed by atoms with van der Waals surface area (Å²) in [6.07, 6.45) is 5.73. The van der Waals surface area contributed by atoms with Gasteiger partial charge in [0.1, 0.15) is 5.83 Å². The number of allylic oxidation sites excluding steroid dienone is 3. The lowest BCUT2D eigenvalue weighted by Crippen LogP contribution is -2.44. The highest BCUT2D eigenvalue weighted by molar-refractivity contribution is 7.90. The molecule has 0 saturated carbocycles. The maximum atomic E-state index is 13.8. The van der Waals surface area contributed by atoms with Crippen LogP contribution >= 0.6 is 0 Å². The molecule has 0 amide bonds. The molecule has 28 heavy (non-hydrogen) atoms. The van der Waals surface area contributed by atoms with Crippen LogP contribution in [0.25, 0.3) is 6.08 Å². The Bertz CT molecular complexity index is 983. The molecule has 0 N–H and O–H groups in total. The van der Waals surface area contributed by atoms with E-state index in [1.165, 1.54) is 22.3 Å². The third-order valence-electron chi connectivity index (χ3n) is 5.02. The summed E-state index contributed by atoms with van der Waals surface area (Å²) < 4.78 is 41.0. The Labute approximate surface area is 166 Å². The zero-order valence-electron chi connectivity index (χ0n) is 16.5. The first-order valence-electron chi connectivity index (χ1n) is 9.30. The normalized spacial score (nSPS) is 16.9. The van der Waals surface area contributed by atoms with Crippen LogP contribution in [0.5, 0.6) is 0 Å². The average molecular weight is 404 g/mol. The van der Waals surface area contributed by atoms with E-state index in [0.29, 0.717) is 11.3 Å². The van der Waals surface area contributed by atoms with Crippen molar-refractivity contribution in [2.75, 3.05) is 38.1 Å². The number of benzene rings is 1. The maximum absolute atomic E-state index is 13.8. The summed E-state index contributed by atoms with van der Waals surface area (Å²) in [6.45, 7) is 7.22. The fourth-order valence-electron chi connectivity index (χ4n) is 3.28. The van der Waals surface area contributed by atoms with Gasteiger partial charge in [-0.2, -0.15) is 0 Å². The number of hydrogen-bond donors (Lipinski definition) is 0. The number of anilines is 1. The predicted molar refractivity (Wildman–Crippen MR) is 112 cm³/mol. The molecule has 0 atom stereocenters. The third kappa shape index (κ3) is 4.20. The molecule has 150 valence electrons. The molecule has 0 unspecified atom stereocenters. The van der Waals surface area contributed by atoms with E-state index >= 15 is 0 Å². The van der Waals surface area contributed by atoms with Crippen LogP contribution in [0.1, 0.15) is 18.2 Å². The molecule has 0 spiro atoms. The van der Waals surface area contributed by atoms with Crippen LogP contribution < -0.4 is 4.90 Å². The van der Waals surface area contributed by atoms with Crippen molar-refractivity contribution < 1.29 is 12.8 Å². The van der Waals surface area contributed by atoms with Gasteiger partial charge in [-0.05, 0) is 68.9 Å². The fraction of sp³-hybridized carbons (Fsp3) is 0.333. The zero-order valence-corrected chi connectivity index (χ0v) is 17.3. The summed E-state index contributed by atoms with van der Waals surface area (Å²) in [5, 5.41) is 0. The molecular weight excluding hydrogens is 377 g/mol. The van der Waals surface area contributed by atoms with Crippen molar-refractivity contribution in [1.29, 1.82) is 0 Å². The number of rotatable bonds is 5. The van der Waals surface area contributed by atoms with E-state index in [1.807, 2.05) is 12.1 Å². The lowest BCUT2D eigenvalue weighted by molar-refractivity contribution is 0.313. The van der Waals surface area contributed by atoms with Gasteiger partial charge in [-0.1, -0.05) is 6.08 Å². The minimum absolute atomic E-state index is 0.216. The second-order valence-corrected chi connectivity index (χ2v) is 8.79. The van der Waals surface area contributed by atoms with Crippen molar-refractivity contribution in [3.63, 3.8) is 0 Å². The van der Waals surface area contributed by atoms with Gasteiger partial charge in [-0.15, -0.1) is 0 Å². The van der Waals surface area contributed by atoms with Gasteiger partial charge in [-0.25, -0.2) is 16.8 Å². The van der Waals surface area contributed by atoms with Crippen LogP contribution in [-0.2, 0) is 10.0 Å². The van der Waals surface area contributed by atoms with Crippen molar-refractivity contribution in [2.24, 2.45) is 0 Å². The molecule has 2 aromatic rings. The molecule has 1 aromatic heterocycles. The van der Waals surface area contributed by atoms with E-state index in [-0.39, 0.29) is 4.90 Å². The molecule has 1 fully saturated rings. The van der Waals surface area contributed by atoms with Crippen molar-refractivity contribution in [3.05, 3.63) is 65.8 Å². The molecule has 1 saturated heterocycles. The van der Waals surface area contributed by atoms with Crippen LogP contribution in [0.15, 0.2) is 59.4 Å². The number of aromatic nitrogens is 1. The monoisotopic (exact) mass is 403 g/mol. The highest BCUT2D eigenvalue weighted by atomic mass is 32.2. The molecule has 1 aromatic carbocycles.